The summed E-state index contributed by atoms with van der Waals surface area (Å²) in [6, 6.07) is 0. The molecule has 2 atom stereocenters. The van der Waals surface area contributed by atoms with Crippen molar-refractivity contribution in [1.29, 1.82) is 0 Å². The Bertz CT molecular complexity index is 227. The highest BCUT2D eigenvalue weighted by molar-refractivity contribution is 4.76. The Hall–Kier alpha value is -0.120. The Labute approximate surface area is 112 Å². The molecule has 3 heteroatoms. The van der Waals surface area contributed by atoms with Gasteiger partial charge < -0.3 is 14.8 Å². The van der Waals surface area contributed by atoms with E-state index in [1.54, 1.807) is 0 Å². The van der Waals surface area contributed by atoms with Gasteiger partial charge in [-0.15, -0.1) is 0 Å². The molecule has 2 fully saturated rings. The van der Waals surface area contributed by atoms with Gasteiger partial charge in [-0.3, -0.25) is 0 Å². The summed E-state index contributed by atoms with van der Waals surface area (Å²) in [4.78, 5) is 0. The molecule has 0 bridgehead atoms. The van der Waals surface area contributed by atoms with E-state index >= 15 is 0 Å². The summed E-state index contributed by atoms with van der Waals surface area (Å²) in [7, 11) is 0. The second-order valence-corrected chi connectivity index (χ2v) is 5.98. The molecule has 0 aromatic heterocycles. The van der Waals surface area contributed by atoms with Crippen LogP contribution in [0.15, 0.2) is 0 Å². The lowest BCUT2D eigenvalue weighted by Crippen LogP contribution is -2.29. The van der Waals surface area contributed by atoms with Crippen LogP contribution in [0.1, 0.15) is 52.4 Å². The molecule has 0 aromatic carbocycles. The van der Waals surface area contributed by atoms with Gasteiger partial charge in [0.2, 0.25) is 0 Å². The molecule has 0 radical (unpaired) electrons. The lowest BCUT2D eigenvalue weighted by molar-refractivity contribution is -0.0528. The lowest BCUT2D eigenvalue weighted by Gasteiger charge is -2.27. The fraction of sp³-hybridized carbons (Fsp3) is 1.00. The van der Waals surface area contributed by atoms with E-state index in [1.807, 2.05) is 0 Å². The summed E-state index contributed by atoms with van der Waals surface area (Å²) in [5.41, 5.74) is 0. The SMILES string of the molecule is CCNCC1CCC(COC2CCC(C)CC2)O1. The van der Waals surface area contributed by atoms with Gasteiger partial charge in [0.1, 0.15) is 0 Å². The monoisotopic (exact) mass is 255 g/mol. The third-order valence-electron chi connectivity index (χ3n) is 4.30. The summed E-state index contributed by atoms with van der Waals surface area (Å²) >= 11 is 0. The van der Waals surface area contributed by atoms with E-state index in [-0.39, 0.29) is 0 Å². The minimum atomic E-state index is 0.341. The molecule has 1 saturated heterocycles. The molecule has 1 aliphatic carbocycles. The highest BCUT2D eigenvalue weighted by atomic mass is 16.5. The van der Waals surface area contributed by atoms with Crippen LogP contribution in [-0.2, 0) is 9.47 Å². The standard InChI is InChI=1S/C15H29NO2/c1-3-16-10-14-8-9-15(18-14)11-17-13-6-4-12(2)5-7-13/h12-16H,3-11H2,1-2H3. The predicted octanol–water partition coefficient (Wildman–Crippen LogP) is 2.74. The number of rotatable bonds is 6. The molecule has 1 aliphatic heterocycles. The van der Waals surface area contributed by atoms with Crippen molar-refractivity contribution < 1.29 is 9.47 Å². The molecule has 2 rings (SSSR count). The zero-order chi connectivity index (χ0) is 12.8. The first kappa shape index (κ1) is 14.3. The second kappa shape index (κ2) is 7.46. The van der Waals surface area contributed by atoms with Gasteiger partial charge in [0.25, 0.3) is 0 Å². The topological polar surface area (TPSA) is 30.5 Å². The zero-order valence-electron chi connectivity index (χ0n) is 12.0. The Morgan fingerprint density at radius 2 is 1.78 bits per heavy atom. The average molecular weight is 255 g/mol. The first-order chi connectivity index (χ1) is 8.78. The third-order valence-corrected chi connectivity index (χ3v) is 4.30. The molecule has 0 aromatic rings. The summed E-state index contributed by atoms with van der Waals surface area (Å²) < 4.78 is 12.0. The van der Waals surface area contributed by atoms with Crippen molar-refractivity contribution in [2.45, 2.75) is 70.7 Å². The molecule has 1 saturated carbocycles. The molecule has 18 heavy (non-hydrogen) atoms. The van der Waals surface area contributed by atoms with E-state index < -0.39 is 0 Å². The number of hydrogen-bond acceptors (Lipinski definition) is 3. The third kappa shape index (κ3) is 4.52. The second-order valence-electron chi connectivity index (χ2n) is 5.98. The van der Waals surface area contributed by atoms with Gasteiger partial charge in [0, 0.05) is 6.54 Å². The normalized spacial score (nSPS) is 37.0. The molecule has 2 unspecified atom stereocenters. The Kier molecular flexibility index (Phi) is 5.93. The minimum Gasteiger partial charge on any atom is -0.376 e. The van der Waals surface area contributed by atoms with E-state index in [9.17, 15) is 0 Å². The van der Waals surface area contributed by atoms with Gasteiger partial charge >= 0.3 is 0 Å². The Morgan fingerprint density at radius 1 is 1.06 bits per heavy atom. The van der Waals surface area contributed by atoms with Crippen molar-refractivity contribution in [3.8, 4) is 0 Å². The molecular formula is C15H29NO2. The highest BCUT2D eigenvalue weighted by Gasteiger charge is 2.26. The fourth-order valence-corrected chi connectivity index (χ4v) is 3.00. The number of nitrogens with one attached hydrogen (secondary N) is 1. The Morgan fingerprint density at radius 3 is 2.50 bits per heavy atom. The lowest BCUT2D eigenvalue weighted by atomic mass is 9.89. The summed E-state index contributed by atoms with van der Waals surface area (Å²) in [6.07, 6.45) is 8.75. The first-order valence-corrected chi connectivity index (χ1v) is 7.75. The molecule has 3 nitrogen and oxygen atoms in total. The first-order valence-electron chi connectivity index (χ1n) is 7.75. The van der Waals surface area contributed by atoms with Crippen LogP contribution in [0.4, 0.5) is 0 Å². The van der Waals surface area contributed by atoms with E-state index in [2.05, 4.69) is 19.2 Å². The smallest absolute Gasteiger partial charge is 0.0814 e. The number of ether oxygens (including phenoxy) is 2. The maximum atomic E-state index is 6.02. The van der Waals surface area contributed by atoms with Gasteiger partial charge in [-0.05, 0) is 51.0 Å². The van der Waals surface area contributed by atoms with Crippen molar-refractivity contribution >= 4 is 0 Å². The van der Waals surface area contributed by atoms with Crippen LogP contribution in [0.2, 0.25) is 0 Å². The number of hydrogen-bond donors (Lipinski definition) is 1. The molecule has 0 spiro atoms. The molecule has 1 N–H and O–H groups in total. The predicted molar refractivity (Wildman–Crippen MR) is 73.8 cm³/mol. The maximum absolute atomic E-state index is 6.02. The van der Waals surface area contributed by atoms with Gasteiger partial charge in [0.05, 0.1) is 24.9 Å². The van der Waals surface area contributed by atoms with E-state index in [1.165, 1.54) is 38.5 Å². The fourth-order valence-electron chi connectivity index (χ4n) is 3.00. The largest absolute Gasteiger partial charge is 0.376 e. The van der Waals surface area contributed by atoms with Crippen LogP contribution < -0.4 is 5.32 Å². The van der Waals surface area contributed by atoms with Gasteiger partial charge in [-0.2, -0.15) is 0 Å². The van der Waals surface area contributed by atoms with Crippen molar-refractivity contribution in [1.82, 2.24) is 5.32 Å². The van der Waals surface area contributed by atoms with Crippen LogP contribution in [0, 0.1) is 5.92 Å². The summed E-state index contributed by atoms with van der Waals surface area (Å²) in [6.45, 7) is 7.32. The molecule has 106 valence electrons. The molecule has 1 heterocycles. The average Bonchev–Trinajstić information content (AvgIpc) is 2.84. The van der Waals surface area contributed by atoms with Crippen molar-refractivity contribution in [3.63, 3.8) is 0 Å². The van der Waals surface area contributed by atoms with Gasteiger partial charge in [-0.1, -0.05) is 13.8 Å². The van der Waals surface area contributed by atoms with Crippen molar-refractivity contribution in [2.75, 3.05) is 19.7 Å². The molecule has 2 aliphatic rings. The Balaban J connectivity index is 1.57. The zero-order valence-corrected chi connectivity index (χ0v) is 12.0. The van der Waals surface area contributed by atoms with Crippen LogP contribution in [0.3, 0.4) is 0 Å². The van der Waals surface area contributed by atoms with E-state index in [4.69, 9.17) is 9.47 Å². The van der Waals surface area contributed by atoms with E-state index in [0.717, 1.165) is 25.6 Å². The van der Waals surface area contributed by atoms with E-state index in [0.29, 0.717) is 18.3 Å². The van der Waals surface area contributed by atoms with Crippen molar-refractivity contribution in [3.05, 3.63) is 0 Å². The summed E-state index contributed by atoms with van der Waals surface area (Å²) in [5, 5.41) is 3.36. The van der Waals surface area contributed by atoms with Crippen LogP contribution in [-0.4, -0.2) is 38.0 Å². The van der Waals surface area contributed by atoms with Crippen LogP contribution in [0.25, 0.3) is 0 Å². The maximum Gasteiger partial charge on any atom is 0.0814 e. The van der Waals surface area contributed by atoms with Crippen LogP contribution in [0.5, 0.6) is 0 Å². The van der Waals surface area contributed by atoms with Gasteiger partial charge in [-0.25, -0.2) is 0 Å². The summed E-state index contributed by atoms with van der Waals surface area (Å²) in [5.74, 6) is 0.900. The van der Waals surface area contributed by atoms with Crippen LogP contribution >= 0.6 is 0 Å². The quantitative estimate of drug-likeness (QED) is 0.791. The molecule has 0 amide bonds. The van der Waals surface area contributed by atoms with Crippen molar-refractivity contribution in [2.24, 2.45) is 5.92 Å². The highest BCUT2D eigenvalue weighted by Crippen LogP contribution is 2.27. The number of likely N-dealkylation sites (N-methyl/N-ethyl adjacent to an activating group) is 1. The van der Waals surface area contributed by atoms with Gasteiger partial charge in [0.15, 0.2) is 0 Å². The molecular weight excluding hydrogens is 226 g/mol. The minimum absolute atomic E-state index is 0.341.